The minimum absolute atomic E-state index is 0. The van der Waals surface area contributed by atoms with E-state index in [1.807, 2.05) is 30.3 Å². The predicted molar refractivity (Wildman–Crippen MR) is 28.9 cm³/mol. The molecule has 1 rings (SSSR count). The molecule has 0 heterocycles. The molecule has 0 aliphatic carbocycles. The van der Waals surface area contributed by atoms with Gasteiger partial charge in [-0.05, 0) is 0 Å². The van der Waals surface area contributed by atoms with Gasteiger partial charge in [0.15, 0.2) is 0 Å². The summed E-state index contributed by atoms with van der Waals surface area (Å²) in [7, 11) is 0. The van der Waals surface area contributed by atoms with E-state index in [4.69, 9.17) is 0 Å². The van der Waals surface area contributed by atoms with Gasteiger partial charge in [0.05, 0.1) is 0 Å². The van der Waals surface area contributed by atoms with Crippen molar-refractivity contribution in [1.29, 1.82) is 0 Å². The van der Waals surface area contributed by atoms with Crippen molar-refractivity contribution in [2.45, 2.75) is 0 Å². The molecular weight excluding hydrogens is 152 g/mol. The van der Waals surface area contributed by atoms with E-state index in [0.717, 1.165) is 0 Å². The summed E-state index contributed by atoms with van der Waals surface area (Å²) < 4.78 is 0. The Morgan fingerprint density at radius 3 is 1.50 bits per heavy atom. The van der Waals surface area contributed by atoms with Crippen molar-refractivity contribution >= 4 is 0 Å². The maximum Gasteiger partial charge on any atom is 2.00 e. The van der Waals surface area contributed by atoms with E-state index >= 15 is 0 Å². The molecule has 0 aliphatic rings. The average molecular weight is 159 g/mol. The van der Waals surface area contributed by atoms with Crippen molar-refractivity contribution < 1.29 is 22.5 Å². The van der Waals surface area contributed by atoms with Crippen LogP contribution < -0.4 is 0 Å². The zero-order chi connectivity index (χ0) is 4.24. The number of benzene rings is 1. The second-order valence-corrected chi connectivity index (χ2v) is 1.08. The van der Waals surface area contributed by atoms with Crippen molar-refractivity contribution in [3.05, 3.63) is 36.4 Å². The van der Waals surface area contributed by atoms with Crippen molar-refractivity contribution in [3.8, 4) is 0 Å². The van der Waals surface area contributed by atoms with Crippen LogP contribution in [0.2, 0.25) is 0 Å². The van der Waals surface area contributed by atoms with Crippen LogP contribution in [0, 0.1) is 6.07 Å². The third-order valence-electron chi connectivity index (χ3n) is 0.607. The van der Waals surface area contributed by atoms with E-state index in [2.05, 4.69) is 6.07 Å². The van der Waals surface area contributed by atoms with Gasteiger partial charge < -0.3 is 5.48 Å². The molecule has 0 saturated heterocycles. The first-order chi connectivity index (χ1) is 3.00. The van der Waals surface area contributed by atoms with E-state index < -0.39 is 0 Å². The third kappa shape index (κ3) is 3.87. The van der Waals surface area contributed by atoms with E-state index in [9.17, 15) is 0 Å². The largest absolute Gasteiger partial charge is 2.00 e. The van der Waals surface area contributed by atoms with Crippen LogP contribution in [0.1, 0.15) is 0 Å². The number of hydrogen-bond acceptors (Lipinski definition) is 0. The fourth-order valence-corrected chi connectivity index (χ4v) is 0.342. The molecule has 2 N–H and O–H groups in total. The Labute approximate surface area is 59.5 Å². The first-order valence-electron chi connectivity index (χ1n) is 1.91. The Kier molecular flexibility index (Phi) is 8.91. The van der Waals surface area contributed by atoms with Gasteiger partial charge in [-0.2, -0.15) is 36.4 Å². The molecule has 0 saturated carbocycles. The van der Waals surface area contributed by atoms with Crippen LogP contribution in [-0.4, -0.2) is 5.48 Å². The van der Waals surface area contributed by atoms with Gasteiger partial charge in [-0.25, -0.2) is 0 Å². The van der Waals surface area contributed by atoms with Crippen molar-refractivity contribution in [1.82, 2.24) is 0 Å². The third-order valence-corrected chi connectivity index (χ3v) is 0.607. The molecule has 1 aromatic carbocycles. The standard InChI is InChI=1S/C6H5.Cu.H2O/c1-2-4-6-5-3-1;;/h1-5H;;1H2/q-1;+2;. The zero-order valence-electron chi connectivity index (χ0n) is 4.19. The minimum Gasteiger partial charge on any atom is -0.412 e. The summed E-state index contributed by atoms with van der Waals surface area (Å²) in [5.74, 6) is 0. The molecule has 1 aromatic rings. The first kappa shape index (κ1) is 10.6. The maximum absolute atomic E-state index is 2.89. The number of rotatable bonds is 0. The Balaban J connectivity index is 0. The Morgan fingerprint density at radius 2 is 1.38 bits per heavy atom. The molecule has 1 nitrogen and oxygen atoms in total. The maximum atomic E-state index is 2.89. The summed E-state index contributed by atoms with van der Waals surface area (Å²) in [6.07, 6.45) is 0. The molecule has 0 aromatic heterocycles. The fraction of sp³-hybridized carbons (Fsp3) is 0. The van der Waals surface area contributed by atoms with E-state index in [0.29, 0.717) is 0 Å². The van der Waals surface area contributed by atoms with Gasteiger partial charge >= 0.3 is 17.1 Å². The van der Waals surface area contributed by atoms with Crippen LogP contribution in [0.3, 0.4) is 0 Å². The van der Waals surface area contributed by atoms with Crippen molar-refractivity contribution in [2.24, 2.45) is 0 Å². The SMILES string of the molecule is O.[Cu+2].[c-]1ccccc1. The van der Waals surface area contributed by atoms with Crippen LogP contribution in [0.4, 0.5) is 0 Å². The second-order valence-electron chi connectivity index (χ2n) is 1.08. The summed E-state index contributed by atoms with van der Waals surface area (Å²) >= 11 is 0. The van der Waals surface area contributed by atoms with Gasteiger partial charge in [0.25, 0.3) is 0 Å². The van der Waals surface area contributed by atoms with Gasteiger partial charge in [0.2, 0.25) is 0 Å². The molecule has 47 valence electrons. The van der Waals surface area contributed by atoms with Gasteiger partial charge in [-0.3, -0.25) is 0 Å². The molecule has 0 spiro atoms. The van der Waals surface area contributed by atoms with Gasteiger partial charge in [-0.15, -0.1) is 0 Å². The average Bonchev–Trinajstić information content (AvgIpc) is 1.72. The normalized spacial score (nSPS) is 6.00. The van der Waals surface area contributed by atoms with E-state index in [1.165, 1.54) is 0 Å². The minimum atomic E-state index is 0. The molecule has 0 unspecified atom stereocenters. The van der Waals surface area contributed by atoms with Crippen LogP contribution >= 0.6 is 0 Å². The second kappa shape index (κ2) is 6.70. The topological polar surface area (TPSA) is 31.5 Å². The summed E-state index contributed by atoms with van der Waals surface area (Å²) in [6, 6.07) is 12.5. The quantitative estimate of drug-likeness (QED) is 0.393. The summed E-state index contributed by atoms with van der Waals surface area (Å²) in [6.45, 7) is 0. The van der Waals surface area contributed by atoms with E-state index in [-0.39, 0.29) is 22.5 Å². The van der Waals surface area contributed by atoms with Crippen LogP contribution in [0.15, 0.2) is 30.3 Å². The Bertz CT molecular complexity index is 80.5. The van der Waals surface area contributed by atoms with Crippen LogP contribution in [0.5, 0.6) is 0 Å². The molecule has 1 radical (unpaired) electrons. The molecule has 0 bridgehead atoms. The zero-order valence-corrected chi connectivity index (χ0v) is 5.13. The molecule has 2 heteroatoms. The predicted octanol–water partition coefficient (Wildman–Crippen LogP) is 0.660. The molecular formula is C6H7CuO+. The van der Waals surface area contributed by atoms with Crippen LogP contribution in [-0.2, 0) is 17.1 Å². The molecule has 0 amide bonds. The molecule has 0 aliphatic heterocycles. The smallest absolute Gasteiger partial charge is 0.412 e. The number of hydrogen-bond donors (Lipinski definition) is 0. The fourth-order valence-electron chi connectivity index (χ4n) is 0.342. The Morgan fingerprint density at radius 1 is 0.875 bits per heavy atom. The monoisotopic (exact) mass is 158 g/mol. The van der Waals surface area contributed by atoms with Gasteiger partial charge in [0, 0.05) is 0 Å². The summed E-state index contributed by atoms with van der Waals surface area (Å²) in [4.78, 5) is 0. The van der Waals surface area contributed by atoms with E-state index in [1.54, 1.807) is 0 Å². The molecule has 0 atom stereocenters. The van der Waals surface area contributed by atoms with Crippen molar-refractivity contribution in [2.75, 3.05) is 0 Å². The van der Waals surface area contributed by atoms with Gasteiger partial charge in [0.1, 0.15) is 0 Å². The van der Waals surface area contributed by atoms with Gasteiger partial charge in [-0.1, -0.05) is 0 Å². The molecule has 8 heavy (non-hydrogen) atoms. The summed E-state index contributed by atoms with van der Waals surface area (Å²) in [5.41, 5.74) is 0. The van der Waals surface area contributed by atoms with Crippen LogP contribution in [0.25, 0.3) is 0 Å². The summed E-state index contributed by atoms with van der Waals surface area (Å²) in [5, 5.41) is 0. The Hall–Kier alpha value is -0.301. The van der Waals surface area contributed by atoms with Crippen molar-refractivity contribution in [3.63, 3.8) is 0 Å². The first-order valence-corrected chi connectivity index (χ1v) is 1.91. The molecule has 0 fully saturated rings.